The standard InChI is InChI=1S/C19H16N4O2S/c20-11-6-12-21-17(24)13-26-19-22-16-10-5-4-9-15(16)18(25)23(19)14-7-2-1-3-8-14/h1-5,7-10H,6,12-13H2,(H,21,24). The van der Waals surface area contributed by atoms with E-state index in [0.717, 1.165) is 0 Å². The smallest absolute Gasteiger partial charge is 0.266 e. The van der Waals surface area contributed by atoms with Gasteiger partial charge in [-0.25, -0.2) is 4.98 Å². The summed E-state index contributed by atoms with van der Waals surface area (Å²) in [6.45, 7) is 0.312. The van der Waals surface area contributed by atoms with Crippen LogP contribution in [0, 0.1) is 11.3 Å². The van der Waals surface area contributed by atoms with Gasteiger partial charge in [-0.3, -0.25) is 14.2 Å². The number of carbonyl (C=O) groups is 1. The number of amides is 1. The number of para-hydroxylation sites is 2. The third-order valence-corrected chi connectivity index (χ3v) is 4.59. The van der Waals surface area contributed by atoms with Crippen LogP contribution in [0.5, 0.6) is 0 Å². The summed E-state index contributed by atoms with van der Waals surface area (Å²) < 4.78 is 1.52. The van der Waals surface area contributed by atoms with Crippen LogP contribution in [0.3, 0.4) is 0 Å². The lowest BCUT2D eigenvalue weighted by Gasteiger charge is -2.13. The molecule has 1 amide bonds. The molecule has 0 radical (unpaired) electrons. The van der Waals surface area contributed by atoms with Crippen molar-refractivity contribution in [2.45, 2.75) is 11.6 Å². The molecule has 1 N–H and O–H groups in total. The van der Waals surface area contributed by atoms with Gasteiger partial charge in [-0.05, 0) is 24.3 Å². The Labute approximate surface area is 154 Å². The van der Waals surface area contributed by atoms with Crippen LogP contribution >= 0.6 is 11.8 Å². The topological polar surface area (TPSA) is 87.8 Å². The molecule has 0 saturated heterocycles. The monoisotopic (exact) mass is 364 g/mol. The van der Waals surface area contributed by atoms with Gasteiger partial charge >= 0.3 is 0 Å². The fourth-order valence-corrected chi connectivity index (χ4v) is 3.30. The molecule has 0 fully saturated rings. The Morgan fingerprint density at radius 2 is 1.88 bits per heavy atom. The van der Waals surface area contributed by atoms with E-state index in [0.29, 0.717) is 28.3 Å². The number of carbonyl (C=O) groups excluding carboxylic acids is 1. The third-order valence-electron chi connectivity index (χ3n) is 3.65. The summed E-state index contributed by atoms with van der Waals surface area (Å²) in [6.07, 6.45) is 0.263. The van der Waals surface area contributed by atoms with Gasteiger partial charge in [0, 0.05) is 6.54 Å². The zero-order valence-corrected chi connectivity index (χ0v) is 14.7. The predicted molar refractivity (Wildman–Crippen MR) is 101 cm³/mol. The van der Waals surface area contributed by atoms with E-state index in [-0.39, 0.29) is 23.6 Å². The number of fused-ring (bicyclic) bond motifs is 1. The van der Waals surface area contributed by atoms with Crippen molar-refractivity contribution in [2.24, 2.45) is 0 Å². The van der Waals surface area contributed by atoms with Gasteiger partial charge in [0.25, 0.3) is 5.56 Å². The van der Waals surface area contributed by atoms with Gasteiger partial charge in [-0.1, -0.05) is 42.1 Å². The van der Waals surface area contributed by atoms with Crippen molar-refractivity contribution in [2.75, 3.05) is 12.3 Å². The first-order chi connectivity index (χ1) is 12.7. The summed E-state index contributed by atoms with van der Waals surface area (Å²) in [6, 6.07) is 18.4. The fourth-order valence-electron chi connectivity index (χ4n) is 2.45. The fraction of sp³-hybridized carbons (Fsp3) is 0.158. The molecule has 0 unspecified atom stereocenters. The quantitative estimate of drug-likeness (QED) is 0.412. The van der Waals surface area contributed by atoms with Crippen molar-refractivity contribution >= 4 is 28.6 Å². The minimum Gasteiger partial charge on any atom is -0.354 e. The lowest BCUT2D eigenvalue weighted by atomic mass is 10.2. The third kappa shape index (κ3) is 3.92. The summed E-state index contributed by atoms with van der Waals surface area (Å²) in [5.41, 5.74) is 1.12. The second-order valence-corrected chi connectivity index (χ2v) is 6.38. The van der Waals surface area contributed by atoms with Crippen molar-refractivity contribution < 1.29 is 4.79 Å². The first-order valence-corrected chi connectivity index (χ1v) is 9.03. The molecule has 3 aromatic rings. The van der Waals surface area contributed by atoms with Crippen LogP contribution in [0.15, 0.2) is 64.5 Å². The average molecular weight is 364 g/mol. The molecule has 0 aliphatic rings. The minimum atomic E-state index is -0.202. The summed E-state index contributed by atoms with van der Waals surface area (Å²) in [5, 5.41) is 12.2. The zero-order chi connectivity index (χ0) is 18.4. The molecule has 0 spiro atoms. The second kappa shape index (κ2) is 8.32. The molecular formula is C19H16N4O2S. The summed E-state index contributed by atoms with van der Waals surface area (Å²) in [4.78, 5) is 29.5. The molecule has 2 aromatic carbocycles. The number of nitrogens with zero attached hydrogens (tertiary/aromatic N) is 3. The van der Waals surface area contributed by atoms with Crippen molar-refractivity contribution in [3.05, 3.63) is 65.0 Å². The van der Waals surface area contributed by atoms with Gasteiger partial charge in [-0.15, -0.1) is 0 Å². The summed E-state index contributed by atoms with van der Waals surface area (Å²) in [5.74, 6) is -0.0875. The highest BCUT2D eigenvalue weighted by Crippen LogP contribution is 2.21. The van der Waals surface area contributed by atoms with Crippen LogP contribution in [0.25, 0.3) is 16.6 Å². The maximum absolute atomic E-state index is 13.0. The SMILES string of the molecule is N#CCCNC(=O)CSc1nc2ccccc2c(=O)n1-c1ccccc1. The number of benzene rings is 2. The largest absolute Gasteiger partial charge is 0.354 e. The van der Waals surface area contributed by atoms with Gasteiger partial charge < -0.3 is 5.32 Å². The van der Waals surface area contributed by atoms with E-state index in [1.807, 2.05) is 42.5 Å². The van der Waals surface area contributed by atoms with E-state index < -0.39 is 0 Å². The number of hydrogen-bond donors (Lipinski definition) is 1. The van der Waals surface area contributed by atoms with Crippen LogP contribution in [-0.2, 0) is 4.79 Å². The molecule has 130 valence electrons. The highest BCUT2D eigenvalue weighted by molar-refractivity contribution is 7.99. The lowest BCUT2D eigenvalue weighted by Crippen LogP contribution is -2.27. The Kier molecular flexibility index (Phi) is 5.66. The van der Waals surface area contributed by atoms with Gasteiger partial charge in [0.15, 0.2) is 5.16 Å². The van der Waals surface area contributed by atoms with Crippen molar-refractivity contribution in [3.8, 4) is 11.8 Å². The highest BCUT2D eigenvalue weighted by Gasteiger charge is 2.14. The molecule has 3 rings (SSSR count). The Balaban J connectivity index is 1.97. The number of nitrogens with one attached hydrogen (secondary N) is 1. The van der Waals surface area contributed by atoms with Gasteiger partial charge in [-0.2, -0.15) is 5.26 Å². The van der Waals surface area contributed by atoms with Crippen molar-refractivity contribution in [3.63, 3.8) is 0 Å². The van der Waals surface area contributed by atoms with Crippen molar-refractivity contribution in [1.82, 2.24) is 14.9 Å². The van der Waals surface area contributed by atoms with Gasteiger partial charge in [0.2, 0.25) is 5.91 Å². The van der Waals surface area contributed by atoms with E-state index in [9.17, 15) is 9.59 Å². The maximum Gasteiger partial charge on any atom is 0.266 e. The molecule has 1 heterocycles. The Morgan fingerprint density at radius 3 is 2.65 bits per heavy atom. The first-order valence-electron chi connectivity index (χ1n) is 8.04. The number of nitriles is 1. The molecule has 6 nitrogen and oxygen atoms in total. The first kappa shape index (κ1) is 17.7. The molecule has 0 atom stereocenters. The van der Waals surface area contributed by atoms with Crippen LogP contribution in [-0.4, -0.2) is 27.8 Å². The molecular weight excluding hydrogens is 348 g/mol. The number of thioether (sulfide) groups is 1. The summed E-state index contributed by atoms with van der Waals surface area (Å²) >= 11 is 1.19. The normalized spacial score (nSPS) is 10.4. The zero-order valence-electron chi connectivity index (χ0n) is 13.9. The molecule has 1 aromatic heterocycles. The van der Waals surface area contributed by atoms with Crippen molar-refractivity contribution in [1.29, 1.82) is 5.26 Å². The molecule has 0 aliphatic heterocycles. The number of hydrogen-bond acceptors (Lipinski definition) is 5. The minimum absolute atomic E-state index is 0.114. The number of aromatic nitrogens is 2. The van der Waals surface area contributed by atoms with Gasteiger partial charge in [0.1, 0.15) is 0 Å². The molecule has 26 heavy (non-hydrogen) atoms. The molecule has 0 saturated carbocycles. The average Bonchev–Trinajstić information content (AvgIpc) is 2.67. The predicted octanol–water partition coefficient (Wildman–Crippen LogP) is 2.51. The molecule has 0 aliphatic carbocycles. The van der Waals surface area contributed by atoms with E-state index >= 15 is 0 Å². The van der Waals surface area contributed by atoms with E-state index in [1.165, 1.54) is 16.3 Å². The number of rotatable bonds is 6. The second-order valence-electron chi connectivity index (χ2n) is 5.43. The molecule has 7 heteroatoms. The van der Waals surface area contributed by atoms with E-state index in [2.05, 4.69) is 10.3 Å². The lowest BCUT2D eigenvalue weighted by molar-refractivity contribution is -0.118. The maximum atomic E-state index is 13.0. The summed E-state index contributed by atoms with van der Waals surface area (Å²) in [7, 11) is 0. The van der Waals surface area contributed by atoms with E-state index in [4.69, 9.17) is 5.26 Å². The Bertz CT molecular complexity index is 1030. The van der Waals surface area contributed by atoms with Crippen LogP contribution in [0.2, 0.25) is 0 Å². The Hall–Kier alpha value is -3.11. The van der Waals surface area contributed by atoms with Crippen LogP contribution in [0.1, 0.15) is 6.42 Å². The molecule has 0 bridgehead atoms. The highest BCUT2D eigenvalue weighted by atomic mass is 32.2. The van der Waals surface area contributed by atoms with Gasteiger partial charge in [0.05, 0.1) is 34.8 Å². The van der Waals surface area contributed by atoms with E-state index in [1.54, 1.807) is 18.2 Å². The Morgan fingerprint density at radius 1 is 1.15 bits per heavy atom. The van der Waals surface area contributed by atoms with Crippen LogP contribution < -0.4 is 10.9 Å². The van der Waals surface area contributed by atoms with Crippen LogP contribution in [0.4, 0.5) is 0 Å².